The molecule has 0 aliphatic rings. The fourth-order valence-corrected chi connectivity index (χ4v) is 3.64. The van der Waals surface area contributed by atoms with Crippen LogP contribution in [0.3, 0.4) is 0 Å². The number of rotatable bonds is 8. The predicted molar refractivity (Wildman–Crippen MR) is 113 cm³/mol. The van der Waals surface area contributed by atoms with E-state index in [1.54, 1.807) is 25.4 Å². The zero-order chi connectivity index (χ0) is 21.3. The number of pyridine rings is 3. The minimum atomic E-state index is -0.118. The number of aromatic nitrogens is 3. The van der Waals surface area contributed by atoms with Crippen LogP contribution in [0.15, 0.2) is 47.8 Å². The maximum atomic E-state index is 9.89. The molecular weight excluding hydrogens is 400 g/mol. The normalized spacial score (nSPS) is 10.1. The summed E-state index contributed by atoms with van der Waals surface area (Å²) in [7, 11) is 1.68. The molecule has 3 aromatic heterocycles. The lowest BCUT2D eigenvalue weighted by Gasteiger charge is -2.14. The third-order valence-electron chi connectivity index (χ3n) is 4.07. The summed E-state index contributed by atoms with van der Waals surface area (Å²) in [5, 5.41) is 32.0. The molecule has 0 aliphatic carbocycles. The van der Waals surface area contributed by atoms with E-state index in [2.05, 4.69) is 32.4 Å². The number of nitrogens with one attached hydrogen (secondary N) is 1. The Balaban J connectivity index is 2.06. The Morgan fingerprint density at radius 2 is 1.97 bits per heavy atom. The number of thioether (sulfide) groups is 1. The fourth-order valence-electron chi connectivity index (χ4n) is 2.74. The van der Waals surface area contributed by atoms with Crippen LogP contribution in [0.2, 0.25) is 0 Å². The van der Waals surface area contributed by atoms with Crippen molar-refractivity contribution in [2.75, 3.05) is 25.6 Å². The van der Waals surface area contributed by atoms with Crippen LogP contribution in [0.25, 0.3) is 11.1 Å². The molecule has 3 rings (SSSR count). The summed E-state index contributed by atoms with van der Waals surface area (Å²) in [6.07, 6.45) is 3.25. The van der Waals surface area contributed by atoms with Gasteiger partial charge in [0.25, 0.3) is 0 Å². The van der Waals surface area contributed by atoms with E-state index in [1.807, 2.05) is 18.2 Å². The van der Waals surface area contributed by atoms with Crippen LogP contribution in [-0.2, 0) is 5.75 Å². The first kappa shape index (κ1) is 21.1. The van der Waals surface area contributed by atoms with Crippen LogP contribution in [-0.4, -0.2) is 40.3 Å². The van der Waals surface area contributed by atoms with Crippen molar-refractivity contribution in [3.05, 3.63) is 59.5 Å². The Kier molecular flexibility index (Phi) is 7.17. The Morgan fingerprint density at radius 1 is 1.13 bits per heavy atom. The van der Waals surface area contributed by atoms with Crippen molar-refractivity contribution in [3.63, 3.8) is 0 Å². The van der Waals surface area contributed by atoms with Crippen molar-refractivity contribution in [1.82, 2.24) is 15.0 Å². The van der Waals surface area contributed by atoms with Crippen molar-refractivity contribution in [2.24, 2.45) is 0 Å². The van der Waals surface area contributed by atoms with E-state index in [-0.39, 0.29) is 18.8 Å². The van der Waals surface area contributed by atoms with Crippen molar-refractivity contribution in [2.45, 2.75) is 10.8 Å². The number of nitrogens with zero attached hydrogens (tertiary/aromatic N) is 5. The highest BCUT2D eigenvalue weighted by Gasteiger charge is 2.21. The minimum absolute atomic E-state index is 0.118. The molecule has 0 atom stereocenters. The van der Waals surface area contributed by atoms with Gasteiger partial charge in [-0.05, 0) is 18.2 Å². The average molecular weight is 418 g/mol. The van der Waals surface area contributed by atoms with Crippen molar-refractivity contribution < 1.29 is 9.84 Å². The molecule has 3 aromatic rings. The lowest BCUT2D eigenvalue weighted by atomic mass is 9.98. The smallest absolute Gasteiger partial charge is 0.213 e. The van der Waals surface area contributed by atoms with E-state index in [1.165, 1.54) is 18.0 Å². The first-order chi connectivity index (χ1) is 14.7. The number of ether oxygens (including phenoxy) is 1. The van der Waals surface area contributed by atoms with E-state index < -0.39 is 0 Å². The third kappa shape index (κ3) is 4.66. The molecule has 0 saturated heterocycles. The quantitative estimate of drug-likeness (QED) is 0.530. The van der Waals surface area contributed by atoms with E-state index in [9.17, 15) is 10.5 Å². The molecule has 9 heteroatoms. The van der Waals surface area contributed by atoms with Crippen molar-refractivity contribution in [3.8, 4) is 29.1 Å². The Bertz CT molecular complexity index is 1090. The molecule has 0 bridgehead atoms. The topological polar surface area (TPSA) is 128 Å². The molecule has 30 heavy (non-hydrogen) atoms. The van der Waals surface area contributed by atoms with E-state index in [0.29, 0.717) is 39.2 Å². The van der Waals surface area contributed by atoms with Gasteiger partial charge in [0.2, 0.25) is 5.88 Å². The van der Waals surface area contributed by atoms with Crippen molar-refractivity contribution in [1.29, 1.82) is 10.5 Å². The molecule has 0 radical (unpaired) electrons. The SMILES string of the molecule is CNc1nc(SCc2ccccn2)c(C#N)c(-c2ccc(OCCO)nc2)c1C#N. The second-order valence-electron chi connectivity index (χ2n) is 5.93. The number of hydrogen-bond donors (Lipinski definition) is 2. The molecule has 2 N–H and O–H groups in total. The van der Waals surface area contributed by atoms with Gasteiger partial charge in [-0.1, -0.05) is 17.8 Å². The van der Waals surface area contributed by atoms with Gasteiger partial charge in [0, 0.05) is 42.4 Å². The van der Waals surface area contributed by atoms with Gasteiger partial charge >= 0.3 is 0 Å². The predicted octanol–water partition coefficient (Wildman–Crippen LogP) is 2.99. The molecule has 0 fully saturated rings. The summed E-state index contributed by atoms with van der Waals surface area (Å²) in [6.45, 7) is 0.0139. The van der Waals surface area contributed by atoms with Gasteiger partial charge in [0.1, 0.15) is 35.2 Å². The Hall–Kier alpha value is -3.66. The highest BCUT2D eigenvalue weighted by atomic mass is 32.2. The molecule has 150 valence electrons. The number of aliphatic hydroxyl groups excluding tert-OH is 1. The lowest BCUT2D eigenvalue weighted by molar-refractivity contribution is 0.196. The van der Waals surface area contributed by atoms with Crippen LogP contribution in [0, 0.1) is 22.7 Å². The van der Waals surface area contributed by atoms with Gasteiger partial charge in [0.15, 0.2) is 0 Å². The van der Waals surface area contributed by atoms with E-state index in [0.717, 1.165) is 5.69 Å². The number of nitriles is 2. The average Bonchev–Trinajstić information content (AvgIpc) is 2.81. The lowest BCUT2D eigenvalue weighted by Crippen LogP contribution is -2.05. The highest BCUT2D eigenvalue weighted by Crippen LogP contribution is 2.37. The van der Waals surface area contributed by atoms with Crippen molar-refractivity contribution >= 4 is 17.6 Å². The molecule has 8 nitrogen and oxygen atoms in total. The molecular formula is C21H18N6O2S. The molecule has 0 aromatic carbocycles. The van der Waals surface area contributed by atoms with E-state index in [4.69, 9.17) is 9.84 Å². The highest BCUT2D eigenvalue weighted by molar-refractivity contribution is 7.98. The number of hydrogen-bond acceptors (Lipinski definition) is 9. The summed E-state index contributed by atoms with van der Waals surface area (Å²) in [5.74, 6) is 1.26. The van der Waals surface area contributed by atoms with Gasteiger partial charge in [0.05, 0.1) is 17.9 Å². The monoisotopic (exact) mass is 418 g/mol. The van der Waals surface area contributed by atoms with Crippen LogP contribution >= 0.6 is 11.8 Å². The molecule has 3 heterocycles. The standard InChI is InChI=1S/C21H18N6O2S/c1-24-20-16(10-22)19(14-5-6-18(26-12-14)29-9-8-28)17(11-23)21(27-20)30-13-15-4-2-3-7-25-15/h2-7,12,28H,8-9,13H2,1H3,(H,24,27). The van der Waals surface area contributed by atoms with Crippen LogP contribution < -0.4 is 10.1 Å². The third-order valence-corrected chi connectivity index (χ3v) is 5.08. The van der Waals surface area contributed by atoms with Gasteiger partial charge in [-0.3, -0.25) is 4.98 Å². The molecule has 0 amide bonds. The fraction of sp³-hybridized carbons (Fsp3) is 0.190. The summed E-state index contributed by atoms with van der Waals surface area (Å²) in [4.78, 5) is 13.0. The van der Waals surface area contributed by atoms with Crippen LogP contribution in [0.4, 0.5) is 5.82 Å². The van der Waals surface area contributed by atoms with E-state index >= 15 is 0 Å². The molecule has 0 saturated carbocycles. The first-order valence-corrected chi connectivity index (χ1v) is 9.99. The van der Waals surface area contributed by atoms with Gasteiger partial charge in [-0.15, -0.1) is 0 Å². The second kappa shape index (κ2) is 10.2. The first-order valence-electron chi connectivity index (χ1n) is 9.00. The Morgan fingerprint density at radius 3 is 2.57 bits per heavy atom. The summed E-state index contributed by atoms with van der Waals surface area (Å²) >= 11 is 1.38. The maximum absolute atomic E-state index is 9.89. The van der Waals surface area contributed by atoms with Crippen LogP contribution in [0.1, 0.15) is 16.8 Å². The summed E-state index contributed by atoms with van der Waals surface area (Å²) in [5.41, 5.74) is 2.48. The van der Waals surface area contributed by atoms with Crippen LogP contribution in [0.5, 0.6) is 5.88 Å². The van der Waals surface area contributed by atoms with Gasteiger partial charge < -0.3 is 15.2 Å². The zero-order valence-corrected chi connectivity index (χ0v) is 17.0. The molecule has 0 unspecified atom stereocenters. The molecule has 0 spiro atoms. The number of anilines is 1. The summed E-state index contributed by atoms with van der Waals surface area (Å²) < 4.78 is 5.29. The minimum Gasteiger partial charge on any atom is -0.475 e. The van der Waals surface area contributed by atoms with Gasteiger partial charge in [-0.2, -0.15) is 10.5 Å². The molecule has 0 aliphatic heterocycles. The summed E-state index contributed by atoms with van der Waals surface area (Å²) in [6, 6.07) is 13.3. The second-order valence-corrected chi connectivity index (χ2v) is 6.90. The largest absolute Gasteiger partial charge is 0.475 e. The maximum Gasteiger partial charge on any atom is 0.213 e. The Labute approximate surface area is 178 Å². The van der Waals surface area contributed by atoms with Gasteiger partial charge in [-0.25, -0.2) is 9.97 Å². The zero-order valence-electron chi connectivity index (χ0n) is 16.2. The number of aliphatic hydroxyl groups is 1.